The molecule has 1 heterocycles. The van der Waals surface area contributed by atoms with Crippen LogP contribution >= 0.6 is 0 Å². The summed E-state index contributed by atoms with van der Waals surface area (Å²) in [5, 5.41) is 4.97. The lowest BCUT2D eigenvalue weighted by atomic mass is 10.2. The molecule has 2 N–H and O–H groups in total. The van der Waals surface area contributed by atoms with Crippen molar-refractivity contribution in [2.45, 2.75) is 13.3 Å². The molecule has 8 heteroatoms. The molecule has 0 atom stereocenters. The molecule has 0 bridgehead atoms. The van der Waals surface area contributed by atoms with Crippen LogP contribution in [0.15, 0.2) is 42.5 Å². The lowest BCUT2D eigenvalue weighted by Gasteiger charge is -2.36. The molecule has 2 aromatic carbocycles. The van der Waals surface area contributed by atoms with Crippen LogP contribution in [-0.4, -0.2) is 56.0 Å². The van der Waals surface area contributed by atoms with E-state index in [1.54, 1.807) is 25.1 Å². The van der Waals surface area contributed by atoms with Crippen molar-refractivity contribution in [1.82, 2.24) is 10.2 Å². The van der Waals surface area contributed by atoms with Crippen LogP contribution in [0.2, 0.25) is 0 Å². The maximum absolute atomic E-state index is 13.9. The van der Waals surface area contributed by atoms with Gasteiger partial charge in [-0.1, -0.05) is 18.2 Å². The second-order valence-corrected chi connectivity index (χ2v) is 7.31. The van der Waals surface area contributed by atoms with Gasteiger partial charge in [0.15, 0.2) is 0 Å². The number of nitrogens with one attached hydrogen (secondary N) is 2. The molecule has 30 heavy (non-hydrogen) atoms. The molecule has 0 aliphatic carbocycles. The van der Waals surface area contributed by atoms with Gasteiger partial charge in [-0.05, 0) is 49.7 Å². The monoisotopic (exact) mass is 416 g/mol. The molecule has 1 fully saturated rings. The Morgan fingerprint density at radius 1 is 0.967 bits per heavy atom. The highest BCUT2D eigenvalue weighted by Crippen LogP contribution is 2.20. The predicted molar refractivity (Wildman–Crippen MR) is 112 cm³/mol. The second-order valence-electron chi connectivity index (χ2n) is 7.31. The number of benzene rings is 2. The zero-order valence-electron chi connectivity index (χ0n) is 17.0. The first-order valence-corrected chi connectivity index (χ1v) is 10.0. The quantitative estimate of drug-likeness (QED) is 0.561. The summed E-state index contributed by atoms with van der Waals surface area (Å²) in [4.78, 5) is 28.1. The molecule has 6 nitrogen and oxygen atoms in total. The summed E-state index contributed by atoms with van der Waals surface area (Å²) in [7, 11) is 0. The summed E-state index contributed by atoms with van der Waals surface area (Å²) in [6, 6.07) is 11.0. The van der Waals surface area contributed by atoms with E-state index in [0.717, 1.165) is 32.7 Å². The molecular weight excluding hydrogens is 390 g/mol. The lowest BCUT2D eigenvalue weighted by molar-refractivity contribution is -0.136. The van der Waals surface area contributed by atoms with Gasteiger partial charge in [0.1, 0.15) is 11.6 Å². The average molecular weight is 416 g/mol. The minimum atomic E-state index is -0.822. The lowest BCUT2D eigenvalue weighted by Crippen LogP contribution is -2.47. The van der Waals surface area contributed by atoms with Gasteiger partial charge >= 0.3 is 11.8 Å². The van der Waals surface area contributed by atoms with Gasteiger partial charge in [-0.2, -0.15) is 0 Å². The van der Waals surface area contributed by atoms with Crippen LogP contribution in [0.1, 0.15) is 12.0 Å². The number of halogens is 2. The number of anilines is 2. The van der Waals surface area contributed by atoms with Crippen molar-refractivity contribution in [3.8, 4) is 0 Å². The molecule has 2 amide bonds. The summed E-state index contributed by atoms with van der Waals surface area (Å²) in [5.74, 6) is -2.22. The van der Waals surface area contributed by atoms with Crippen LogP contribution in [0.3, 0.4) is 0 Å². The van der Waals surface area contributed by atoms with Crippen molar-refractivity contribution in [1.29, 1.82) is 0 Å². The highest BCUT2D eigenvalue weighted by molar-refractivity contribution is 6.39. The zero-order chi connectivity index (χ0) is 21.5. The summed E-state index contributed by atoms with van der Waals surface area (Å²) in [6.07, 6.45) is 0.692. The van der Waals surface area contributed by atoms with E-state index >= 15 is 0 Å². The number of aryl methyl sites for hydroxylation is 1. The Balaban J connectivity index is 1.34. The molecule has 0 aromatic heterocycles. The van der Waals surface area contributed by atoms with Crippen molar-refractivity contribution in [3.05, 3.63) is 59.7 Å². The summed E-state index contributed by atoms with van der Waals surface area (Å²) < 4.78 is 27.4. The number of carbonyl (C=O) groups excluding carboxylic acids is 2. The van der Waals surface area contributed by atoms with Crippen LogP contribution in [0.5, 0.6) is 0 Å². The predicted octanol–water partition coefficient (Wildman–Crippen LogP) is 2.54. The number of nitrogens with zero attached hydrogens (tertiary/aromatic N) is 2. The Kier molecular flexibility index (Phi) is 7.35. The molecule has 0 radical (unpaired) electrons. The summed E-state index contributed by atoms with van der Waals surface area (Å²) in [6.45, 7) is 5.85. The number of carbonyl (C=O) groups is 2. The third-order valence-corrected chi connectivity index (χ3v) is 5.14. The first-order valence-electron chi connectivity index (χ1n) is 10.0. The molecule has 2 aromatic rings. The van der Waals surface area contributed by atoms with E-state index in [4.69, 9.17) is 0 Å². The number of rotatable bonds is 6. The number of hydrogen-bond acceptors (Lipinski definition) is 4. The molecule has 3 rings (SSSR count). The van der Waals surface area contributed by atoms with Crippen LogP contribution in [0, 0.1) is 18.6 Å². The van der Waals surface area contributed by atoms with Gasteiger partial charge < -0.3 is 15.5 Å². The van der Waals surface area contributed by atoms with E-state index in [9.17, 15) is 18.4 Å². The Bertz CT molecular complexity index is 898. The molecule has 0 unspecified atom stereocenters. The van der Waals surface area contributed by atoms with Gasteiger partial charge in [0, 0.05) is 38.4 Å². The summed E-state index contributed by atoms with van der Waals surface area (Å²) >= 11 is 0. The normalized spacial score (nSPS) is 14.4. The number of amides is 2. The van der Waals surface area contributed by atoms with Crippen LogP contribution in [-0.2, 0) is 9.59 Å². The molecular formula is C22H26F2N4O2. The molecule has 1 aliphatic heterocycles. The van der Waals surface area contributed by atoms with Crippen LogP contribution in [0.4, 0.5) is 20.2 Å². The highest BCUT2D eigenvalue weighted by atomic mass is 19.1. The smallest absolute Gasteiger partial charge is 0.313 e. The zero-order valence-corrected chi connectivity index (χ0v) is 17.0. The number of piperazine rings is 1. The van der Waals surface area contributed by atoms with E-state index in [0.29, 0.717) is 24.2 Å². The van der Waals surface area contributed by atoms with E-state index in [1.807, 2.05) is 11.0 Å². The van der Waals surface area contributed by atoms with E-state index in [2.05, 4.69) is 15.5 Å². The third kappa shape index (κ3) is 5.76. The van der Waals surface area contributed by atoms with Crippen molar-refractivity contribution in [2.24, 2.45) is 0 Å². The fraction of sp³-hybridized carbons (Fsp3) is 0.364. The van der Waals surface area contributed by atoms with Crippen LogP contribution in [0.25, 0.3) is 0 Å². The molecule has 160 valence electrons. The van der Waals surface area contributed by atoms with Crippen molar-refractivity contribution in [2.75, 3.05) is 49.5 Å². The first kappa shape index (κ1) is 21.7. The standard InChI is InChI=1S/C22H26F2N4O2/c1-16-7-8-17(15-19(16)24)26-22(30)21(29)25-9-4-10-27-11-13-28(14-12-27)20-6-3-2-5-18(20)23/h2-3,5-8,15H,4,9-14H2,1H3,(H,25,29)(H,26,30). The van der Waals surface area contributed by atoms with Crippen molar-refractivity contribution < 1.29 is 18.4 Å². The minimum Gasteiger partial charge on any atom is -0.367 e. The van der Waals surface area contributed by atoms with Gasteiger partial charge in [0.2, 0.25) is 0 Å². The second kappa shape index (κ2) is 10.2. The van der Waals surface area contributed by atoms with E-state index in [-0.39, 0.29) is 11.5 Å². The molecule has 0 saturated carbocycles. The van der Waals surface area contributed by atoms with Crippen LogP contribution < -0.4 is 15.5 Å². The van der Waals surface area contributed by atoms with Gasteiger partial charge in [-0.25, -0.2) is 8.78 Å². The SMILES string of the molecule is Cc1ccc(NC(=O)C(=O)NCCCN2CCN(c3ccccc3F)CC2)cc1F. The van der Waals surface area contributed by atoms with Gasteiger partial charge in [-0.3, -0.25) is 14.5 Å². The largest absolute Gasteiger partial charge is 0.367 e. The fourth-order valence-corrected chi connectivity index (χ4v) is 3.36. The summed E-state index contributed by atoms with van der Waals surface area (Å²) in [5.41, 5.74) is 1.34. The highest BCUT2D eigenvalue weighted by Gasteiger charge is 2.19. The number of hydrogen-bond donors (Lipinski definition) is 2. The van der Waals surface area contributed by atoms with E-state index in [1.165, 1.54) is 18.2 Å². The van der Waals surface area contributed by atoms with Crippen molar-refractivity contribution in [3.63, 3.8) is 0 Å². The topological polar surface area (TPSA) is 64.7 Å². The Hall–Kier alpha value is -3.00. The maximum atomic E-state index is 13.9. The molecule has 0 spiro atoms. The minimum absolute atomic E-state index is 0.208. The Morgan fingerprint density at radius 2 is 1.70 bits per heavy atom. The van der Waals surface area contributed by atoms with Gasteiger partial charge in [0.05, 0.1) is 5.69 Å². The number of para-hydroxylation sites is 1. The average Bonchev–Trinajstić information content (AvgIpc) is 2.74. The maximum Gasteiger partial charge on any atom is 0.313 e. The Morgan fingerprint density at radius 3 is 2.40 bits per heavy atom. The molecule has 1 aliphatic rings. The Labute approximate surface area is 174 Å². The van der Waals surface area contributed by atoms with Gasteiger partial charge in [0.25, 0.3) is 0 Å². The first-order chi connectivity index (χ1) is 14.4. The fourth-order valence-electron chi connectivity index (χ4n) is 3.36. The van der Waals surface area contributed by atoms with Gasteiger partial charge in [-0.15, -0.1) is 0 Å². The van der Waals surface area contributed by atoms with Crippen molar-refractivity contribution >= 4 is 23.2 Å². The van der Waals surface area contributed by atoms with E-state index < -0.39 is 17.6 Å². The molecule has 1 saturated heterocycles. The third-order valence-electron chi connectivity index (χ3n) is 5.14.